The first-order chi connectivity index (χ1) is 11.5. The van der Waals surface area contributed by atoms with Crippen LogP contribution in [0, 0.1) is 0 Å². The smallest absolute Gasteiger partial charge is 0.339 e. The summed E-state index contributed by atoms with van der Waals surface area (Å²) >= 11 is 21.7. The minimum Gasteiger partial charge on any atom is -0.446 e. The van der Waals surface area contributed by atoms with Crippen LogP contribution in [-0.4, -0.2) is 17.3 Å². The molecule has 0 aliphatic carbocycles. The van der Waals surface area contributed by atoms with Gasteiger partial charge in [-0.2, -0.15) is 0 Å². The van der Waals surface area contributed by atoms with Crippen molar-refractivity contribution in [2.45, 2.75) is 19.2 Å². The van der Waals surface area contributed by atoms with Gasteiger partial charge >= 0.3 is 5.97 Å². The molecular weight excluding hydrogens is 406 g/mol. The van der Waals surface area contributed by atoms with Crippen molar-refractivity contribution in [3.63, 3.8) is 0 Å². The number of rotatable bonds is 5. The third-order valence-corrected chi connectivity index (χ3v) is 3.76. The van der Waals surface area contributed by atoms with Crippen LogP contribution in [0.5, 0.6) is 0 Å². The van der Waals surface area contributed by atoms with Crippen molar-refractivity contribution in [3.05, 3.63) is 70.8 Å². The predicted octanol–water partition coefficient (Wildman–Crippen LogP) is 6.22. The molecule has 136 valence electrons. The molecule has 0 bridgehead atoms. The summed E-state index contributed by atoms with van der Waals surface area (Å²) in [4.78, 5) is 21.8. The lowest BCUT2D eigenvalue weighted by Gasteiger charge is -2.01. The molecule has 0 saturated heterocycles. The van der Waals surface area contributed by atoms with Crippen molar-refractivity contribution in [2.24, 2.45) is 0 Å². The first-order valence-corrected chi connectivity index (χ1v) is 8.72. The number of hydrogen-bond donors (Lipinski definition) is 0. The van der Waals surface area contributed by atoms with Crippen LogP contribution >= 0.6 is 46.4 Å². The second-order valence-electron chi connectivity index (χ2n) is 4.48. The van der Waals surface area contributed by atoms with E-state index in [4.69, 9.17) is 46.4 Å². The Kier molecular flexibility index (Phi) is 12.4. The van der Waals surface area contributed by atoms with Gasteiger partial charge in [-0.15, -0.1) is 23.2 Å². The predicted molar refractivity (Wildman–Crippen MR) is 105 cm³/mol. The van der Waals surface area contributed by atoms with Crippen molar-refractivity contribution in [3.8, 4) is 0 Å². The lowest BCUT2D eigenvalue weighted by atomic mass is 10.1. The number of ether oxygens (including phenoxy) is 1. The average molecular weight is 424 g/mol. The highest BCUT2D eigenvalue weighted by Crippen LogP contribution is 2.10. The fourth-order valence-corrected chi connectivity index (χ4v) is 2.24. The van der Waals surface area contributed by atoms with Gasteiger partial charge < -0.3 is 4.74 Å². The minimum absolute atomic E-state index is 0. The third kappa shape index (κ3) is 8.59. The second kappa shape index (κ2) is 13.0. The maximum atomic E-state index is 11.2. The molecule has 0 fully saturated rings. The minimum atomic E-state index is -0.447. The maximum absolute atomic E-state index is 11.2. The normalized spacial score (nSPS) is 9.28. The molecule has 2 aromatic carbocycles. The zero-order valence-corrected chi connectivity index (χ0v) is 15.5. The Morgan fingerprint density at radius 1 is 0.840 bits per heavy atom. The van der Waals surface area contributed by atoms with E-state index in [0.29, 0.717) is 22.9 Å². The van der Waals surface area contributed by atoms with Gasteiger partial charge in [-0.3, -0.25) is 4.79 Å². The van der Waals surface area contributed by atoms with Crippen molar-refractivity contribution < 1.29 is 14.3 Å². The van der Waals surface area contributed by atoms with Gasteiger partial charge in [0.15, 0.2) is 6.07 Å². The molecule has 0 heterocycles. The van der Waals surface area contributed by atoms with Crippen LogP contribution in [0.25, 0.3) is 0 Å². The molecule has 7 heteroatoms. The number of carbonyl (C=O) groups is 2. The highest BCUT2D eigenvalue weighted by Gasteiger charge is 2.06. The Balaban J connectivity index is 0.000000449. The van der Waals surface area contributed by atoms with E-state index in [9.17, 15) is 9.59 Å². The number of carbonyl (C=O) groups excluding carboxylic acids is 2. The summed E-state index contributed by atoms with van der Waals surface area (Å²) in [5, 5.41) is -0.447. The summed E-state index contributed by atoms with van der Waals surface area (Å²) in [7, 11) is 0. The monoisotopic (exact) mass is 422 g/mol. The molecule has 2 rings (SSSR count). The van der Waals surface area contributed by atoms with Crippen LogP contribution in [0.1, 0.15) is 39.3 Å². The molecule has 0 atom stereocenters. The van der Waals surface area contributed by atoms with E-state index in [1.807, 2.05) is 12.1 Å². The number of esters is 1. The zero-order chi connectivity index (χ0) is 17.9. The number of hydrogen-bond acceptors (Lipinski definition) is 3. The van der Waals surface area contributed by atoms with Gasteiger partial charge in [-0.05, 0) is 40.9 Å². The lowest BCUT2D eigenvalue weighted by Crippen LogP contribution is -2.03. The molecule has 0 saturated carbocycles. The van der Waals surface area contributed by atoms with E-state index >= 15 is 0 Å². The third-order valence-electron chi connectivity index (χ3n) is 2.81. The summed E-state index contributed by atoms with van der Waals surface area (Å²) in [6.07, 6.45) is 0. The van der Waals surface area contributed by atoms with Crippen LogP contribution in [-0.2, 0) is 16.5 Å². The number of halogens is 4. The first kappa shape index (κ1) is 23.7. The van der Waals surface area contributed by atoms with Gasteiger partial charge in [0.05, 0.1) is 5.56 Å². The van der Waals surface area contributed by atoms with Crippen LogP contribution in [0.3, 0.4) is 0 Å². The second-order valence-corrected chi connectivity index (χ2v) is 5.58. The molecule has 25 heavy (non-hydrogen) atoms. The van der Waals surface area contributed by atoms with E-state index < -0.39 is 11.2 Å². The molecule has 0 spiro atoms. The van der Waals surface area contributed by atoms with Crippen LogP contribution < -0.4 is 0 Å². The van der Waals surface area contributed by atoms with E-state index in [-0.39, 0.29) is 13.5 Å². The van der Waals surface area contributed by atoms with Crippen molar-refractivity contribution in [2.75, 3.05) is 6.07 Å². The van der Waals surface area contributed by atoms with Crippen LogP contribution in [0.2, 0.25) is 0 Å². The van der Waals surface area contributed by atoms with Crippen molar-refractivity contribution >= 4 is 57.6 Å². The zero-order valence-electron chi connectivity index (χ0n) is 12.5. The maximum Gasteiger partial charge on any atom is 0.339 e. The SMILES string of the molecule is C.O=C(Cl)c1cccc(CCl)c1.O=C(OCCl)c1cccc(CCl)c1. The van der Waals surface area contributed by atoms with Crippen LogP contribution in [0.15, 0.2) is 48.5 Å². The molecule has 0 aromatic heterocycles. The molecule has 3 nitrogen and oxygen atoms in total. The Labute approximate surface area is 167 Å². The Hall–Kier alpha value is -1.26. The lowest BCUT2D eigenvalue weighted by molar-refractivity contribution is 0.0574. The fraction of sp³-hybridized carbons (Fsp3) is 0.222. The van der Waals surface area contributed by atoms with E-state index in [2.05, 4.69) is 4.74 Å². The standard InChI is InChI=1S/C9H8Cl2O2.C8H6Cl2O.CH4/c10-5-7-2-1-3-8(4-7)9(12)13-6-11;9-5-6-2-1-3-7(4-6)8(10)11;/h1-4H,5-6H2;1-4H,5H2;1H4. The quantitative estimate of drug-likeness (QED) is 0.325. The summed E-state index contributed by atoms with van der Waals surface area (Å²) in [5.74, 6) is 0.349. The molecular formula is C18H18Cl4O3. The molecule has 2 aromatic rings. The van der Waals surface area contributed by atoms with E-state index in [0.717, 1.165) is 11.1 Å². The van der Waals surface area contributed by atoms with E-state index in [1.54, 1.807) is 36.4 Å². The van der Waals surface area contributed by atoms with Gasteiger partial charge in [0.1, 0.15) is 0 Å². The Bertz CT molecular complexity index is 690. The van der Waals surface area contributed by atoms with Gasteiger partial charge in [-0.1, -0.05) is 49.4 Å². The highest BCUT2D eigenvalue weighted by molar-refractivity contribution is 6.67. The van der Waals surface area contributed by atoms with Gasteiger partial charge in [-0.25, -0.2) is 4.79 Å². The topological polar surface area (TPSA) is 43.4 Å². The van der Waals surface area contributed by atoms with Gasteiger partial charge in [0, 0.05) is 17.3 Å². The highest BCUT2D eigenvalue weighted by atomic mass is 35.5. The molecule has 0 amide bonds. The van der Waals surface area contributed by atoms with Crippen molar-refractivity contribution in [1.82, 2.24) is 0 Å². The van der Waals surface area contributed by atoms with Gasteiger partial charge in [0.2, 0.25) is 0 Å². The Morgan fingerprint density at radius 2 is 1.32 bits per heavy atom. The number of alkyl halides is 3. The fourth-order valence-electron chi connectivity index (χ4n) is 1.69. The van der Waals surface area contributed by atoms with E-state index in [1.165, 1.54) is 0 Å². The largest absolute Gasteiger partial charge is 0.446 e. The summed E-state index contributed by atoms with van der Waals surface area (Å²) in [5.41, 5.74) is 2.74. The van der Waals surface area contributed by atoms with Crippen LogP contribution in [0.4, 0.5) is 0 Å². The Morgan fingerprint density at radius 3 is 1.76 bits per heavy atom. The van der Waals surface area contributed by atoms with Crippen molar-refractivity contribution in [1.29, 1.82) is 0 Å². The molecule has 0 aliphatic heterocycles. The molecule has 0 N–H and O–H groups in total. The average Bonchev–Trinajstić information content (AvgIpc) is 2.62. The molecule has 0 radical (unpaired) electrons. The number of benzene rings is 2. The molecule has 0 unspecified atom stereocenters. The van der Waals surface area contributed by atoms with Gasteiger partial charge in [0.25, 0.3) is 5.24 Å². The molecule has 0 aliphatic rings. The summed E-state index contributed by atoms with van der Waals surface area (Å²) in [6.45, 7) is 0. The summed E-state index contributed by atoms with van der Waals surface area (Å²) < 4.78 is 4.61. The summed E-state index contributed by atoms with van der Waals surface area (Å²) in [6, 6.07) is 13.7. The first-order valence-electron chi connectivity index (χ1n) is 6.74.